The molecule has 1 aliphatic carbocycles. The van der Waals surface area contributed by atoms with Crippen LogP contribution in [0, 0.1) is 23.1 Å². The summed E-state index contributed by atoms with van der Waals surface area (Å²) in [6, 6.07) is 1.07. The Morgan fingerprint density at radius 1 is 1.32 bits per heavy atom. The number of rotatable bonds is 1. The highest BCUT2D eigenvalue weighted by atomic mass is 32.1. The van der Waals surface area contributed by atoms with Gasteiger partial charge in [0.15, 0.2) is 11.8 Å². The van der Waals surface area contributed by atoms with E-state index in [9.17, 15) is 14.8 Å². The lowest BCUT2D eigenvalue weighted by Gasteiger charge is -2.31. The summed E-state index contributed by atoms with van der Waals surface area (Å²) in [5.41, 5.74) is 8.47. The summed E-state index contributed by atoms with van der Waals surface area (Å²) in [6.07, 6.45) is 2.28. The van der Waals surface area contributed by atoms with Gasteiger partial charge in [-0.1, -0.05) is 6.92 Å². The minimum absolute atomic E-state index is 0.0693. The van der Waals surface area contributed by atoms with Crippen LogP contribution in [-0.2, 0) is 4.74 Å². The number of halogens is 2. The van der Waals surface area contributed by atoms with E-state index >= 15 is 4.39 Å². The summed E-state index contributed by atoms with van der Waals surface area (Å²) < 4.78 is 36.7. The first-order valence-electron chi connectivity index (χ1n) is 10.8. The second-order valence-electron chi connectivity index (χ2n) is 8.83. The Hall–Kier alpha value is -3.33. The molecule has 1 saturated heterocycles. The van der Waals surface area contributed by atoms with E-state index in [-0.39, 0.29) is 51.0 Å². The number of hydrogen-bond acceptors (Lipinski definition) is 9. The maximum Gasteiger partial charge on any atom is 0.199 e. The summed E-state index contributed by atoms with van der Waals surface area (Å²) in [7, 11) is 0. The zero-order valence-electron chi connectivity index (χ0n) is 18.1. The van der Waals surface area contributed by atoms with Gasteiger partial charge in [0.1, 0.15) is 22.9 Å². The van der Waals surface area contributed by atoms with Gasteiger partial charge in [-0.25, -0.2) is 13.8 Å². The first-order chi connectivity index (χ1) is 16.4. The van der Waals surface area contributed by atoms with Crippen LogP contribution in [0.4, 0.5) is 13.8 Å². The number of nitrogens with zero attached hydrogens (tertiary/aromatic N) is 4. The van der Waals surface area contributed by atoms with Crippen LogP contribution in [0.5, 0.6) is 0 Å². The number of aliphatic hydroxyl groups excluding tert-OH is 1. The van der Waals surface area contributed by atoms with Crippen LogP contribution >= 0.6 is 11.3 Å². The number of aromatic nitrogens is 1. The number of β-amino-alcohol motifs (C(OH)–C–C–N with tert-alkyl or cyclic N) is 1. The fourth-order valence-electron chi connectivity index (χ4n) is 5.03. The fourth-order valence-corrected chi connectivity index (χ4v) is 5.95. The van der Waals surface area contributed by atoms with Gasteiger partial charge >= 0.3 is 0 Å². The van der Waals surface area contributed by atoms with Gasteiger partial charge in [-0.3, -0.25) is 4.98 Å². The summed E-state index contributed by atoms with van der Waals surface area (Å²) in [6.45, 7) is 3.39. The van der Waals surface area contributed by atoms with E-state index in [1.165, 1.54) is 0 Å². The third-order valence-electron chi connectivity index (χ3n) is 6.81. The summed E-state index contributed by atoms with van der Waals surface area (Å²) in [5.74, 6) is -0.615. The topological polar surface area (TPSA) is 120 Å². The van der Waals surface area contributed by atoms with Crippen molar-refractivity contribution < 1.29 is 18.6 Å². The van der Waals surface area contributed by atoms with Crippen molar-refractivity contribution in [2.24, 2.45) is 10.9 Å². The first-order valence-corrected chi connectivity index (χ1v) is 11.6. The average molecular weight is 483 g/mol. The van der Waals surface area contributed by atoms with E-state index in [0.29, 0.717) is 30.2 Å². The Morgan fingerprint density at radius 2 is 2.12 bits per heavy atom. The molecular formula is C23H20F2N6O2S. The van der Waals surface area contributed by atoms with E-state index in [1.807, 2.05) is 17.9 Å². The minimum atomic E-state index is -0.942. The van der Waals surface area contributed by atoms with Gasteiger partial charge < -0.3 is 25.8 Å². The highest BCUT2D eigenvalue weighted by Gasteiger charge is 2.41. The normalized spacial score (nSPS) is 26.3. The van der Waals surface area contributed by atoms with Crippen LogP contribution in [0.1, 0.15) is 18.2 Å². The molecule has 2 aromatic heterocycles. The van der Waals surface area contributed by atoms with Crippen molar-refractivity contribution in [2.45, 2.75) is 19.1 Å². The molecule has 34 heavy (non-hydrogen) atoms. The minimum Gasteiger partial charge on any atom is -0.391 e. The predicted octanol–water partition coefficient (Wildman–Crippen LogP) is 2.43. The molecule has 0 aromatic carbocycles. The van der Waals surface area contributed by atoms with Crippen LogP contribution in [0.25, 0.3) is 15.7 Å². The van der Waals surface area contributed by atoms with E-state index < -0.39 is 23.8 Å². The van der Waals surface area contributed by atoms with Gasteiger partial charge in [0.2, 0.25) is 0 Å². The average Bonchev–Trinajstić information content (AvgIpc) is 3.52. The molecule has 8 nitrogen and oxygen atoms in total. The predicted molar refractivity (Wildman–Crippen MR) is 124 cm³/mol. The van der Waals surface area contributed by atoms with E-state index in [4.69, 9.17) is 10.5 Å². The lowest BCUT2D eigenvalue weighted by molar-refractivity contribution is 0.153. The molecule has 0 radical (unpaired) electrons. The van der Waals surface area contributed by atoms with Gasteiger partial charge in [0.05, 0.1) is 41.5 Å². The lowest BCUT2D eigenvalue weighted by atomic mass is 9.82. The van der Waals surface area contributed by atoms with E-state index in [2.05, 4.69) is 15.3 Å². The highest BCUT2D eigenvalue weighted by molar-refractivity contribution is 7.23. The van der Waals surface area contributed by atoms with Crippen LogP contribution in [0.3, 0.4) is 0 Å². The number of aliphatic hydroxyl groups is 1. The molecule has 3 unspecified atom stereocenters. The summed E-state index contributed by atoms with van der Waals surface area (Å²) in [5, 5.41) is 23.3. The van der Waals surface area contributed by atoms with Crippen molar-refractivity contribution in [2.75, 3.05) is 32.0 Å². The van der Waals surface area contributed by atoms with Crippen molar-refractivity contribution in [1.82, 2.24) is 15.2 Å². The van der Waals surface area contributed by atoms with Crippen LogP contribution in [0.2, 0.25) is 0 Å². The second kappa shape index (κ2) is 7.59. The molecule has 3 aliphatic heterocycles. The monoisotopic (exact) mass is 482 g/mol. The number of guanidine groups is 1. The molecule has 4 aliphatic rings. The first kappa shape index (κ1) is 21.2. The molecule has 11 heteroatoms. The number of nitrogens with one attached hydrogen (secondary N) is 1. The number of hydrogen-bond donors (Lipinski definition) is 3. The standard InChI is InChI=1S/C23H20F2N6O2S/c1-9-5-31(6-15(9)32)23-29-3-11-12-7-33-8-13(12)16(18(25)19(11)30-23)20-17-10(2-26)22(27)34-21(17)14(24)4-28-20/h3-4,9,15,19,32H,5-8,27H2,1H3,(H,29,30). The SMILES string of the molecule is CC1CN(C2=NC3C(=CN2)C2=C(COC2)C(c2ncc(F)c4sc(N)c(C#N)c24)=C3F)CC1O. The van der Waals surface area contributed by atoms with Gasteiger partial charge in [-0.05, 0) is 11.1 Å². The molecule has 0 spiro atoms. The van der Waals surface area contributed by atoms with E-state index in [1.54, 1.807) is 6.20 Å². The molecule has 174 valence electrons. The lowest BCUT2D eigenvalue weighted by Crippen LogP contribution is -2.42. The number of nitriles is 1. The third kappa shape index (κ3) is 2.92. The van der Waals surface area contributed by atoms with Gasteiger partial charge in [-0.15, -0.1) is 11.3 Å². The Balaban J connectivity index is 1.54. The van der Waals surface area contributed by atoms with Gasteiger partial charge in [-0.2, -0.15) is 5.26 Å². The Kier molecular flexibility index (Phi) is 4.74. The number of thiophene rings is 1. The molecule has 2 aromatic rings. The number of nitrogens with two attached hydrogens (primary N) is 1. The van der Waals surface area contributed by atoms with Gasteiger partial charge in [0.25, 0.3) is 0 Å². The zero-order chi connectivity index (χ0) is 23.7. The Bertz CT molecular complexity index is 1410. The second-order valence-corrected chi connectivity index (χ2v) is 9.89. The number of pyridine rings is 1. The molecule has 0 amide bonds. The van der Waals surface area contributed by atoms with E-state index in [0.717, 1.165) is 23.1 Å². The quantitative estimate of drug-likeness (QED) is 0.571. The number of ether oxygens (including phenoxy) is 1. The molecule has 0 saturated carbocycles. The molecule has 6 rings (SSSR count). The largest absolute Gasteiger partial charge is 0.391 e. The highest BCUT2D eigenvalue weighted by Crippen LogP contribution is 2.48. The van der Waals surface area contributed by atoms with Gasteiger partial charge in [0, 0.05) is 41.7 Å². The van der Waals surface area contributed by atoms with Crippen molar-refractivity contribution in [3.8, 4) is 6.07 Å². The maximum atomic E-state index is 16.3. The number of nitrogen functional groups attached to an aromatic ring is 1. The van der Waals surface area contributed by atoms with Crippen molar-refractivity contribution in [3.05, 3.63) is 52.0 Å². The summed E-state index contributed by atoms with van der Waals surface area (Å²) >= 11 is 0.944. The maximum absolute atomic E-state index is 16.3. The summed E-state index contributed by atoms with van der Waals surface area (Å²) in [4.78, 5) is 10.8. The third-order valence-corrected chi connectivity index (χ3v) is 7.83. The molecule has 5 heterocycles. The zero-order valence-corrected chi connectivity index (χ0v) is 18.9. The number of aliphatic imine (C=N–C) groups is 1. The van der Waals surface area contributed by atoms with Crippen LogP contribution < -0.4 is 11.1 Å². The van der Waals surface area contributed by atoms with Crippen LogP contribution in [0.15, 0.2) is 39.9 Å². The van der Waals surface area contributed by atoms with Crippen molar-refractivity contribution in [1.29, 1.82) is 5.26 Å². The molecule has 0 bridgehead atoms. The molecule has 3 atom stereocenters. The number of likely N-dealkylation sites (tertiary alicyclic amines) is 1. The Morgan fingerprint density at radius 3 is 2.85 bits per heavy atom. The smallest absolute Gasteiger partial charge is 0.199 e. The number of anilines is 1. The van der Waals surface area contributed by atoms with Crippen molar-refractivity contribution in [3.63, 3.8) is 0 Å². The molecule has 4 N–H and O–H groups in total. The van der Waals surface area contributed by atoms with Crippen molar-refractivity contribution >= 4 is 38.0 Å². The Labute approximate surface area is 197 Å². The molecule has 1 fully saturated rings. The number of fused-ring (bicyclic) bond motifs is 3. The molecular weight excluding hydrogens is 462 g/mol. The van der Waals surface area contributed by atoms with Crippen LogP contribution in [-0.4, -0.2) is 59.4 Å². The fraction of sp³-hybridized carbons (Fsp3) is 0.348.